The number of aryl methyl sites for hydroxylation is 2. The second-order valence-electron chi connectivity index (χ2n) is 6.93. The summed E-state index contributed by atoms with van der Waals surface area (Å²) in [5.74, 6) is 0.119. The lowest BCUT2D eigenvalue weighted by atomic mass is 10.0. The van der Waals surface area contributed by atoms with Gasteiger partial charge >= 0.3 is 0 Å². The standard InChI is InChI=1S/C21H24N4O/c1-2-25-20-13-11-17(15-19(20)22-23-25)21(26)24-14-6-9-18(24)12-10-16-7-4-3-5-8-16/h3-5,7-8,11,13,15,18H,2,6,9-10,12,14H2,1H3/t18-/m1/s1. The fraction of sp³-hybridized carbons (Fsp3) is 0.381. The Bertz CT molecular complexity index is 903. The van der Waals surface area contributed by atoms with Crippen molar-refractivity contribution in [3.8, 4) is 0 Å². The van der Waals surface area contributed by atoms with Gasteiger partial charge in [-0.15, -0.1) is 5.10 Å². The minimum absolute atomic E-state index is 0.119. The zero-order valence-corrected chi connectivity index (χ0v) is 15.1. The summed E-state index contributed by atoms with van der Waals surface area (Å²) >= 11 is 0. The van der Waals surface area contributed by atoms with Crippen molar-refractivity contribution in [3.05, 3.63) is 59.7 Å². The normalized spacial score (nSPS) is 17.1. The maximum atomic E-state index is 13.1. The first-order chi connectivity index (χ1) is 12.8. The van der Waals surface area contributed by atoms with Crippen LogP contribution in [-0.4, -0.2) is 38.4 Å². The lowest BCUT2D eigenvalue weighted by molar-refractivity contribution is 0.0731. The smallest absolute Gasteiger partial charge is 0.254 e. The predicted octanol–water partition coefficient (Wildman–Crippen LogP) is 3.69. The van der Waals surface area contributed by atoms with Crippen LogP contribution >= 0.6 is 0 Å². The van der Waals surface area contributed by atoms with Crippen molar-refractivity contribution >= 4 is 16.9 Å². The number of hydrogen-bond donors (Lipinski definition) is 0. The molecule has 0 radical (unpaired) electrons. The van der Waals surface area contributed by atoms with Crippen molar-refractivity contribution in [3.63, 3.8) is 0 Å². The highest BCUT2D eigenvalue weighted by Crippen LogP contribution is 2.25. The van der Waals surface area contributed by atoms with E-state index < -0.39 is 0 Å². The summed E-state index contributed by atoms with van der Waals surface area (Å²) in [6.07, 6.45) is 4.20. The van der Waals surface area contributed by atoms with Gasteiger partial charge in [0.1, 0.15) is 5.52 Å². The van der Waals surface area contributed by atoms with Gasteiger partial charge < -0.3 is 4.90 Å². The number of nitrogens with zero attached hydrogens (tertiary/aromatic N) is 4. The fourth-order valence-electron chi connectivity index (χ4n) is 3.89. The first-order valence-electron chi connectivity index (χ1n) is 9.44. The summed E-state index contributed by atoms with van der Waals surface area (Å²) < 4.78 is 1.85. The van der Waals surface area contributed by atoms with Crippen LogP contribution in [0.3, 0.4) is 0 Å². The number of benzene rings is 2. The molecule has 5 nitrogen and oxygen atoms in total. The molecule has 4 rings (SSSR count). The topological polar surface area (TPSA) is 51.0 Å². The molecule has 0 saturated carbocycles. The first kappa shape index (κ1) is 16.8. The third kappa shape index (κ3) is 3.21. The summed E-state index contributed by atoms with van der Waals surface area (Å²) in [7, 11) is 0. The second-order valence-corrected chi connectivity index (χ2v) is 6.93. The van der Waals surface area contributed by atoms with Gasteiger partial charge in [-0.1, -0.05) is 35.5 Å². The molecular formula is C21H24N4O. The zero-order valence-electron chi connectivity index (χ0n) is 15.1. The quantitative estimate of drug-likeness (QED) is 0.706. The molecule has 1 atom stereocenters. The number of amides is 1. The van der Waals surface area contributed by atoms with E-state index >= 15 is 0 Å². The molecule has 0 aliphatic carbocycles. The number of likely N-dealkylation sites (tertiary alicyclic amines) is 1. The molecule has 3 aromatic rings. The van der Waals surface area contributed by atoms with Gasteiger partial charge in [-0.05, 0) is 56.4 Å². The Balaban J connectivity index is 1.49. The molecule has 26 heavy (non-hydrogen) atoms. The molecule has 0 bridgehead atoms. The molecular weight excluding hydrogens is 324 g/mol. The van der Waals surface area contributed by atoms with Crippen molar-refractivity contribution in [1.29, 1.82) is 0 Å². The largest absolute Gasteiger partial charge is 0.336 e. The van der Waals surface area contributed by atoms with Gasteiger partial charge in [0, 0.05) is 24.7 Å². The number of hydrogen-bond acceptors (Lipinski definition) is 3. The van der Waals surface area contributed by atoms with Gasteiger partial charge in [0.15, 0.2) is 0 Å². The summed E-state index contributed by atoms with van der Waals surface area (Å²) in [5.41, 5.74) is 3.82. The third-order valence-corrected chi connectivity index (χ3v) is 5.31. The van der Waals surface area contributed by atoms with Gasteiger partial charge in [0.2, 0.25) is 0 Å². The molecule has 1 amide bonds. The van der Waals surface area contributed by atoms with Crippen LogP contribution in [0.4, 0.5) is 0 Å². The molecule has 0 spiro atoms. The van der Waals surface area contributed by atoms with E-state index in [0.717, 1.165) is 49.8 Å². The fourth-order valence-corrected chi connectivity index (χ4v) is 3.89. The SMILES string of the molecule is CCn1nnc2cc(C(=O)N3CCC[C@@H]3CCc3ccccc3)ccc21. The highest BCUT2D eigenvalue weighted by molar-refractivity contribution is 5.97. The van der Waals surface area contributed by atoms with Crippen molar-refractivity contribution in [2.24, 2.45) is 0 Å². The molecule has 1 aliphatic rings. The number of rotatable bonds is 5. The molecule has 0 unspecified atom stereocenters. The van der Waals surface area contributed by atoms with E-state index in [4.69, 9.17) is 0 Å². The van der Waals surface area contributed by atoms with E-state index in [1.54, 1.807) is 0 Å². The predicted molar refractivity (Wildman–Crippen MR) is 102 cm³/mol. The average molecular weight is 348 g/mol. The highest BCUT2D eigenvalue weighted by Gasteiger charge is 2.29. The molecule has 134 valence electrons. The van der Waals surface area contributed by atoms with Crippen LogP contribution in [0.1, 0.15) is 42.1 Å². The molecule has 2 heterocycles. The number of carbonyl (C=O) groups is 1. The number of carbonyl (C=O) groups excluding carboxylic acids is 1. The second kappa shape index (κ2) is 7.28. The molecule has 5 heteroatoms. The highest BCUT2D eigenvalue weighted by atomic mass is 16.2. The van der Waals surface area contributed by atoms with E-state index in [2.05, 4.69) is 34.6 Å². The third-order valence-electron chi connectivity index (χ3n) is 5.31. The summed E-state index contributed by atoms with van der Waals surface area (Å²) in [6, 6.07) is 16.6. The van der Waals surface area contributed by atoms with Gasteiger partial charge in [-0.2, -0.15) is 0 Å². The molecule has 1 saturated heterocycles. The maximum Gasteiger partial charge on any atom is 0.254 e. The lowest BCUT2D eigenvalue weighted by Crippen LogP contribution is -2.35. The van der Waals surface area contributed by atoms with Gasteiger partial charge in [0.05, 0.1) is 5.52 Å². The van der Waals surface area contributed by atoms with E-state index in [1.165, 1.54) is 5.56 Å². The van der Waals surface area contributed by atoms with Gasteiger partial charge in [-0.25, -0.2) is 4.68 Å². The van der Waals surface area contributed by atoms with Crippen molar-refractivity contribution in [2.45, 2.75) is 45.2 Å². The van der Waals surface area contributed by atoms with Crippen molar-refractivity contribution in [2.75, 3.05) is 6.54 Å². The summed E-state index contributed by atoms with van der Waals surface area (Å²) in [6.45, 7) is 3.66. The van der Waals surface area contributed by atoms with Crippen LogP contribution in [0.15, 0.2) is 48.5 Å². The van der Waals surface area contributed by atoms with Crippen molar-refractivity contribution in [1.82, 2.24) is 19.9 Å². The number of fused-ring (bicyclic) bond motifs is 1. The van der Waals surface area contributed by atoms with E-state index in [9.17, 15) is 4.79 Å². The number of aromatic nitrogens is 3. The van der Waals surface area contributed by atoms with Crippen molar-refractivity contribution < 1.29 is 4.79 Å². The van der Waals surface area contributed by atoms with Crippen LogP contribution in [0.25, 0.3) is 11.0 Å². The average Bonchev–Trinajstić information content (AvgIpc) is 3.32. The summed E-state index contributed by atoms with van der Waals surface area (Å²) in [4.78, 5) is 15.1. The molecule has 0 N–H and O–H groups in total. The Morgan fingerprint density at radius 1 is 1.19 bits per heavy atom. The Kier molecular flexibility index (Phi) is 4.69. The van der Waals surface area contributed by atoms with Crippen LogP contribution in [0.2, 0.25) is 0 Å². The maximum absolute atomic E-state index is 13.1. The van der Waals surface area contributed by atoms with Gasteiger partial charge in [0.25, 0.3) is 5.91 Å². The summed E-state index contributed by atoms with van der Waals surface area (Å²) in [5, 5.41) is 8.33. The van der Waals surface area contributed by atoms with Gasteiger partial charge in [-0.3, -0.25) is 4.79 Å². The molecule has 1 aliphatic heterocycles. The zero-order chi connectivity index (χ0) is 17.9. The minimum Gasteiger partial charge on any atom is -0.336 e. The Labute approximate surface area is 153 Å². The molecule has 2 aromatic carbocycles. The first-order valence-corrected chi connectivity index (χ1v) is 9.44. The molecule has 1 fully saturated rings. The van der Waals surface area contributed by atoms with E-state index in [-0.39, 0.29) is 5.91 Å². The van der Waals surface area contributed by atoms with Crippen LogP contribution in [-0.2, 0) is 13.0 Å². The molecule has 1 aromatic heterocycles. The van der Waals surface area contributed by atoms with E-state index in [0.29, 0.717) is 11.6 Å². The van der Waals surface area contributed by atoms with Crippen LogP contribution in [0.5, 0.6) is 0 Å². The Morgan fingerprint density at radius 2 is 2.04 bits per heavy atom. The van der Waals surface area contributed by atoms with Crippen LogP contribution < -0.4 is 0 Å². The van der Waals surface area contributed by atoms with E-state index in [1.807, 2.05) is 40.8 Å². The van der Waals surface area contributed by atoms with Crippen LogP contribution in [0, 0.1) is 0 Å². The lowest BCUT2D eigenvalue weighted by Gasteiger charge is -2.25. The monoisotopic (exact) mass is 348 g/mol. The Hall–Kier alpha value is -2.69. The Morgan fingerprint density at radius 3 is 2.85 bits per heavy atom. The minimum atomic E-state index is 0.119.